The number of piperazine rings is 1. The quantitative estimate of drug-likeness (QED) is 0.882. The van der Waals surface area contributed by atoms with E-state index >= 15 is 0 Å². The van der Waals surface area contributed by atoms with Crippen molar-refractivity contribution in [1.29, 1.82) is 0 Å². The summed E-state index contributed by atoms with van der Waals surface area (Å²) in [5.41, 5.74) is 0. The molecule has 7 heteroatoms. The maximum Gasteiger partial charge on any atom is 0.416 e. The molecule has 2 saturated heterocycles. The van der Waals surface area contributed by atoms with Gasteiger partial charge < -0.3 is 19.7 Å². The first-order valence-corrected chi connectivity index (χ1v) is 9.68. The summed E-state index contributed by atoms with van der Waals surface area (Å²) in [7, 11) is 1.59. The average molecular weight is 360 g/mol. The van der Waals surface area contributed by atoms with Crippen LogP contribution in [0.1, 0.15) is 25.7 Å². The van der Waals surface area contributed by atoms with Crippen molar-refractivity contribution in [3.63, 3.8) is 0 Å². The number of ether oxygens (including phenoxy) is 2. The zero-order chi connectivity index (χ0) is 17.9. The van der Waals surface area contributed by atoms with Crippen molar-refractivity contribution in [2.24, 2.45) is 5.92 Å². The Labute approximate surface area is 154 Å². The van der Waals surface area contributed by atoms with E-state index in [1.165, 1.54) is 12.8 Å². The number of nitrogens with zero attached hydrogens (tertiary/aromatic N) is 3. The summed E-state index contributed by atoms with van der Waals surface area (Å²) in [6, 6.07) is 4.40. The molecule has 3 fully saturated rings. The lowest BCUT2D eigenvalue weighted by Crippen LogP contribution is -2.59. The van der Waals surface area contributed by atoms with Gasteiger partial charge in [-0.15, -0.1) is 0 Å². The number of aromatic nitrogens is 1. The Hall–Kier alpha value is -1.86. The van der Waals surface area contributed by atoms with E-state index in [1.807, 2.05) is 4.90 Å². The summed E-state index contributed by atoms with van der Waals surface area (Å²) < 4.78 is 10.7. The topological polar surface area (TPSA) is 66.9 Å². The third kappa shape index (κ3) is 3.94. The highest BCUT2D eigenvalue weighted by Crippen LogP contribution is 2.32. The second kappa shape index (κ2) is 7.80. The van der Waals surface area contributed by atoms with Gasteiger partial charge in [-0.3, -0.25) is 4.90 Å². The molecule has 4 rings (SSSR count). The van der Waals surface area contributed by atoms with E-state index in [1.54, 1.807) is 25.4 Å². The van der Waals surface area contributed by atoms with Crippen LogP contribution in [-0.4, -0.2) is 72.8 Å². The molecule has 1 aromatic rings. The average Bonchev–Trinajstić information content (AvgIpc) is 3.54. The summed E-state index contributed by atoms with van der Waals surface area (Å²) >= 11 is 0. The summed E-state index contributed by atoms with van der Waals surface area (Å²) in [4.78, 5) is 21.5. The van der Waals surface area contributed by atoms with Crippen LogP contribution >= 0.6 is 0 Å². The number of carbonyl (C=O) groups is 1. The van der Waals surface area contributed by atoms with Crippen LogP contribution in [0, 0.1) is 5.92 Å². The van der Waals surface area contributed by atoms with Crippen LogP contribution in [0.3, 0.4) is 0 Å². The predicted octanol–water partition coefficient (Wildman–Crippen LogP) is 1.74. The van der Waals surface area contributed by atoms with Gasteiger partial charge in [0.1, 0.15) is 5.75 Å². The first-order valence-electron chi connectivity index (χ1n) is 9.68. The molecule has 0 aromatic carbocycles. The Balaban J connectivity index is 1.45. The van der Waals surface area contributed by atoms with Gasteiger partial charge in [0.2, 0.25) is 5.88 Å². The summed E-state index contributed by atoms with van der Waals surface area (Å²) in [5.74, 6) is 1.51. The largest absolute Gasteiger partial charge is 0.495 e. The van der Waals surface area contributed by atoms with Crippen LogP contribution < -0.4 is 14.8 Å². The minimum Gasteiger partial charge on any atom is -0.495 e. The number of pyridine rings is 1. The second-order valence-corrected chi connectivity index (χ2v) is 7.48. The monoisotopic (exact) mass is 360 g/mol. The molecule has 3 aliphatic rings. The molecular weight excluding hydrogens is 332 g/mol. The van der Waals surface area contributed by atoms with Crippen LogP contribution in [0.4, 0.5) is 4.79 Å². The van der Waals surface area contributed by atoms with Crippen molar-refractivity contribution in [3.05, 3.63) is 18.3 Å². The predicted molar refractivity (Wildman–Crippen MR) is 97.5 cm³/mol. The lowest BCUT2D eigenvalue weighted by Gasteiger charge is -2.45. The molecule has 26 heavy (non-hydrogen) atoms. The Morgan fingerprint density at radius 2 is 2.00 bits per heavy atom. The number of hydrogen-bond donors (Lipinski definition) is 1. The van der Waals surface area contributed by atoms with Crippen molar-refractivity contribution in [2.45, 2.75) is 37.8 Å². The van der Waals surface area contributed by atoms with Crippen molar-refractivity contribution in [1.82, 2.24) is 20.1 Å². The van der Waals surface area contributed by atoms with E-state index in [-0.39, 0.29) is 12.1 Å². The van der Waals surface area contributed by atoms with Crippen molar-refractivity contribution in [2.75, 3.05) is 39.8 Å². The number of rotatable bonds is 4. The molecule has 0 spiro atoms. The standard InChI is InChI=1S/C19H28N4O3/c1-25-16-4-5-18(21-12-16)26-19(24)23-11-10-22(15-2-3-15)13-17(23)14-6-8-20-9-7-14/h4-5,12,14-15,17,20H,2-3,6-11,13H2,1H3. The molecule has 1 aromatic heterocycles. The molecule has 142 valence electrons. The van der Waals surface area contributed by atoms with Gasteiger partial charge in [-0.25, -0.2) is 9.78 Å². The molecule has 7 nitrogen and oxygen atoms in total. The Kier molecular flexibility index (Phi) is 5.26. The third-order valence-electron chi connectivity index (χ3n) is 5.81. The fourth-order valence-corrected chi connectivity index (χ4v) is 4.16. The van der Waals surface area contributed by atoms with E-state index in [9.17, 15) is 4.79 Å². The minimum absolute atomic E-state index is 0.234. The van der Waals surface area contributed by atoms with Crippen molar-refractivity contribution >= 4 is 6.09 Å². The SMILES string of the molecule is COc1ccc(OC(=O)N2CCN(C3CC3)CC2C2CCNCC2)nc1. The van der Waals surface area contributed by atoms with Gasteiger partial charge >= 0.3 is 6.09 Å². The molecule has 0 radical (unpaired) electrons. The fourth-order valence-electron chi connectivity index (χ4n) is 4.16. The summed E-state index contributed by atoms with van der Waals surface area (Å²) in [6.45, 7) is 4.72. The van der Waals surface area contributed by atoms with Crippen LogP contribution in [0.5, 0.6) is 11.6 Å². The molecule has 1 saturated carbocycles. The van der Waals surface area contributed by atoms with Gasteiger partial charge in [-0.1, -0.05) is 0 Å². The zero-order valence-electron chi connectivity index (χ0n) is 15.4. The molecule has 1 amide bonds. The molecule has 1 unspecified atom stereocenters. The Morgan fingerprint density at radius 3 is 2.65 bits per heavy atom. The molecule has 0 bridgehead atoms. The van der Waals surface area contributed by atoms with Crippen molar-refractivity contribution < 1.29 is 14.3 Å². The van der Waals surface area contributed by atoms with Gasteiger partial charge in [0.25, 0.3) is 0 Å². The molecule has 2 aliphatic heterocycles. The molecule has 3 heterocycles. The van der Waals surface area contributed by atoms with E-state index < -0.39 is 0 Å². The van der Waals surface area contributed by atoms with Crippen LogP contribution in [0.25, 0.3) is 0 Å². The number of hydrogen-bond acceptors (Lipinski definition) is 6. The highest BCUT2D eigenvalue weighted by molar-refractivity contribution is 5.71. The number of carbonyl (C=O) groups excluding carboxylic acids is 1. The van der Waals surface area contributed by atoms with E-state index in [4.69, 9.17) is 9.47 Å². The second-order valence-electron chi connectivity index (χ2n) is 7.48. The lowest BCUT2D eigenvalue weighted by molar-refractivity contribution is 0.0351. The van der Waals surface area contributed by atoms with Gasteiger partial charge in [-0.2, -0.15) is 0 Å². The number of nitrogens with one attached hydrogen (secondary N) is 1. The number of methoxy groups -OCH3 is 1. The highest BCUT2D eigenvalue weighted by atomic mass is 16.6. The minimum atomic E-state index is -0.276. The van der Waals surface area contributed by atoms with Crippen LogP contribution in [0.15, 0.2) is 18.3 Å². The summed E-state index contributed by atoms with van der Waals surface area (Å²) in [5, 5.41) is 3.42. The van der Waals surface area contributed by atoms with Crippen LogP contribution in [-0.2, 0) is 0 Å². The smallest absolute Gasteiger partial charge is 0.416 e. The normalized spacial score (nSPS) is 25.1. The Morgan fingerprint density at radius 1 is 1.19 bits per heavy atom. The number of amides is 1. The molecule has 1 N–H and O–H groups in total. The maximum atomic E-state index is 12.9. The summed E-state index contributed by atoms with van der Waals surface area (Å²) in [6.07, 6.45) is 6.14. The van der Waals surface area contributed by atoms with Gasteiger partial charge in [0, 0.05) is 31.7 Å². The first kappa shape index (κ1) is 17.5. The van der Waals surface area contributed by atoms with Gasteiger partial charge in [0.05, 0.1) is 19.3 Å². The lowest BCUT2D eigenvalue weighted by atomic mass is 9.88. The van der Waals surface area contributed by atoms with Crippen molar-refractivity contribution in [3.8, 4) is 11.6 Å². The molecular formula is C19H28N4O3. The van der Waals surface area contributed by atoms with Gasteiger partial charge in [-0.05, 0) is 50.8 Å². The Bertz CT molecular complexity index is 614. The molecule has 1 atom stereocenters. The third-order valence-corrected chi connectivity index (χ3v) is 5.81. The van der Waals surface area contributed by atoms with E-state index in [2.05, 4.69) is 15.2 Å². The van der Waals surface area contributed by atoms with Gasteiger partial charge in [0.15, 0.2) is 0 Å². The first-order chi connectivity index (χ1) is 12.7. The fraction of sp³-hybridized carbons (Fsp3) is 0.684. The number of piperidine rings is 1. The van der Waals surface area contributed by atoms with E-state index in [0.29, 0.717) is 17.5 Å². The maximum absolute atomic E-state index is 12.9. The molecule has 1 aliphatic carbocycles. The van der Waals surface area contributed by atoms with Crippen LogP contribution in [0.2, 0.25) is 0 Å². The highest BCUT2D eigenvalue weighted by Gasteiger charge is 2.41. The zero-order valence-corrected chi connectivity index (χ0v) is 15.4. The van der Waals surface area contributed by atoms with E-state index in [0.717, 1.165) is 51.6 Å².